The lowest BCUT2D eigenvalue weighted by molar-refractivity contribution is 0.436. The molecule has 0 saturated carbocycles. The Labute approximate surface area is 177 Å². The molecule has 0 atom stereocenters. The van der Waals surface area contributed by atoms with Gasteiger partial charge in [0.25, 0.3) is 5.56 Å². The molecule has 1 aromatic heterocycles. The van der Waals surface area contributed by atoms with Gasteiger partial charge in [-0.3, -0.25) is 9.79 Å². The highest BCUT2D eigenvalue weighted by molar-refractivity contribution is 6.33. The molecule has 150 valence electrons. The van der Waals surface area contributed by atoms with Gasteiger partial charge in [0.15, 0.2) is 0 Å². The van der Waals surface area contributed by atoms with Crippen LogP contribution in [0.5, 0.6) is 5.88 Å². The van der Waals surface area contributed by atoms with E-state index in [9.17, 15) is 14.3 Å². The molecular weight excluding hydrogens is 403 g/mol. The molecule has 0 aliphatic carbocycles. The summed E-state index contributed by atoms with van der Waals surface area (Å²) in [5.74, 6) is -0.695. The molecule has 0 spiro atoms. The van der Waals surface area contributed by atoms with Gasteiger partial charge in [-0.05, 0) is 61.4 Å². The van der Waals surface area contributed by atoms with Crippen LogP contribution < -0.4 is 5.56 Å². The molecule has 0 radical (unpaired) electrons. The molecular formula is C24H18ClFN2O2. The van der Waals surface area contributed by atoms with Crippen LogP contribution in [0.15, 0.2) is 70.5 Å². The van der Waals surface area contributed by atoms with Crippen molar-refractivity contribution in [1.82, 2.24) is 4.57 Å². The van der Waals surface area contributed by atoms with E-state index < -0.39 is 5.82 Å². The third-order valence-electron chi connectivity index (χ3n) is 5.09. The fourth-order valence-corrected chi connectivity index (χ4v) is 3.53. The molecule has 0 fully saturated rings. The highest BCUT2D eigenvalue weighted by Gasteiger charge is 2.16. The number of benzene rings is 3. The van der Waals surface area contributed by atoms with Crippen LogP contribution in [0.3, 0.4) is 0 Å². The summed E-state index contributed by atoms with van der Waals surface area (Å²) in [6, 6.07) is 16.4. The van der Waals surface area contributed by atoms with Gasteiger partial charge in [-0.2, -0.15) is 0 Å². The van der Waals surface area contributed by atoms with Crippen LogP contribution in [0.25, 0.3) is 16.5 Å². The second-order valence-corrected chi connectivity index (χ2v) is 7.45. The fourth-order valence-electron chi connectivity index (χ4n) is 3.31. The predicted molar refractivity (Wildman–Crippen MR) is 119 cm³/mol. The van der Waals surface area contributed by atoms with E-state index >= 15 is 0 Å². The number of hydrogen-bond donors (Lipinski definition) is 1. The minimum absolute atomic E-state index is 0.150. The zero-order valence-electron chi connectivity index (χ0n) is 16.4. The van der Waals surface area contributed by atoms with Crippen LogP contribution in [0.2, 0.25) is 5.02 Å². The molecule has 0 bridgehead atoms. The summed E-state index contributed by atoms with van der Waals surface area (Å²) in [7, 11) is 0. The normalized spacial score (nSPS) is 11.5. The van der Waals surface area contributed by atoms with Crippen molar-refractivity contribution in [2.75, 3.05) is 0 Å². The van der Waals surface area contributed by atoms with Crippen LogP contribution in [0.4, 0.5) is 10.1 Å². The van der Waals surface area contributed by atoms with Crippen molar-refractivity contribution in [3.05, 3.63) is 98.5 Å². The fraction of sp³-hybridized carbons (Fsp3) is 0.0833. The Kier molecular flexibility index (Phi) is 5.14. The van der Waals surface area contributed by atoms with Gasteiger partial charge in [-0.1, -0.05) is 35.9 Å². The second-order valence-electron chi connectivity index (χ2n) is 7.05. The van der Waals surface area contributed by atoms with Gasteiger partial charge in [-0.25, -0.2) is 8.96 Å². The second kappa shape index (κ2) is 7.76. The molecule has 1 N–H and O–H groups in total. The molecule has 1 heterocycles. The van der Waals surface area contributed by atoms with Gasteiger partial charge in [0, 0.05) is 17.0 Å². The maximum absolute atomic E-state index is 13.3. The van der Waals surface area contributed by atoms with Crippen LogP contribution in [0, 0.1) is 19.7 Å². The van der Waals surface area contributed by atoms with Gasteiger partial charge in [0.1, 0.15) is 5.82 Å². The Morgan fingerprint density at radius 2 is 1.73 bits per heavy atom. The Bertz CT molecular complexity index is 1380. The first-order chi connectivity index (χ1) is 14.4. The summed E-state index contributed by atoms with van der Waals surface area (Å²) < 4.78 is 14.6. The average molecular weight is 421 g/mol. The number of aryl methyl sites for hydroxylation is 2. The Morgan fingerprint density at radius 1 is 1.00 bits per heavy atom. The van der Waals surface area contributed by atoms with Crippen molar-refractivity contribution in [2.24, 2.45) is 4.99 Å². The molecule has 30 heavy (non-hydrogen) atoms. The van der Waals surface area contributed by atoms with E-state index in [0.29, 0.717) is 27.7 Å². The van der Waals surface area contributed by atoms with Crippen molar-refractivity contribution in [3.63, 3.8) is 0 Å². The summed E-state index contributed by atoms with van der Waals surface area (Å²) in [6.07, 6.45) is 1.44. The number of aromatic nitrogens is 1. The molecule has 4 rings (SSSR count). The average Bonchev–Trinajstić information content (AvgIpc) is 2.72. The number of halogens is 2. The largest absolute Gasteiger partial charge is 0.494 e. The molecule has 4 nitrogen and oxygen atoms in total. The highest BCUT2D eigenvalue weighted by atomic mass is 35.5. The lowest BCUT2D eigenvalue weighted by atomic mass is 10.1. The number of nitrogens with zero attached hydrogens (tertiary/aromatic N) is 2. The van der Waals surface area contributed by atoms with Crippen LogP contribution >= 0.6 is 11.6 Å². The monoisotopic (exact) mass is 420 g/mol. The Morgan fingerprint density at radius 3 is 2.43 bits per heavy atom. The summed E-state index contributed by atoms with van der Waals surface area (Å²) in [5.41, 5.74) is 3.03. The molecule has 0 aliphatic rings. The number of aromatic hydroxyl groups is 1. The van der Waals surface area contributed by atoms with E-state index in [4.69, 9.17) is 11.6 Å². The first kappa shape index (κ1) is 19.9. The SMILES string of the molecule is Cc1ccc(-n2c(O)c(C=Nc3ccc(F)cc3Cl)c3ccccc3c2=O)cc1C. The lowest BCUT2D eigenvalue weighted by Gasteiger charge is -2.15. The van der Waals surface area contributed by atoms with Gasteiger partial charge in [0.2, 0.25) is 5.88 Å². The predicted octanol–water partition coefficient (Wildman–Crippen LogP) is 5.86. The van der Waals surface area contributed by atoms with Crippen molar-refractivity contribution in [3.8, 4) is 11.6 Å². The van der Waals surface area contributed by atoms with Crippen LogP contribution in [-0.4, -0.2) is 15.9 Å². The zero-order chi connectivity index (χ0) is 21.4. The highest BCUT2D eigenvalue weighted by Crippen LogP contribution is 2.29. The molecule has 6 heteroatoms. The molecule has 0 amide bonds. The number of hydrogen-bond acceptors (Lipinski definition) is 3. The summed E-state index contributed by atoms with van der Waals surface area (Å²) in [6.45, 7) is 3.92. The number of fused-ring (bicyclic) bond motifs is 1. The van der Waals surface area contributed by atoms with E-state index in [0.717, 1.165) is 11.1 Å². The van der Waals surface area contributed by atoms with Crippen LogP contribution in [-0.2, 0) is 0 Å². The maximum Gasteiger partial charge on any atom is 0.265 e. The summed E-state index contributed by atoms with van der Waals surface area (Å²) in [4.78, 5) is 17.5. The van der Waals surface area contributed by atoms with Gasteiger partial charge in [0.05, 0.1) is 22.0 Å². The van der Waals surface area contributed by atoms with Crippen molar-refractivity contribution < 1.29 is 9.50 Å². The summed E-state index contributed by atoms with van der Waals surface area (Å²) >= 11 is 6.07. The molecule has 0 aliphatic heterocycles. The quantitative estimate of drug-likeness (QED) is 0.422. The molecule has 0 saturated heterocycles. The standard InChI is InChI=1S/C24H18ClFN2O2/c1-14-7-9-17(11-15(14)2)28-23(29)19-6-4-3-5-18(19)20(24(28)30)13-27-22-10-8-16(26)12-21(22)25/h3-13,30H,1-2H3. The van der Waals surface area contributed by atoms with Gasteiger partial charge in [-0.15, -0.1) is 0 Å². The van der Waals surface area contributed by atoms with Crippen molar-refractivity contribution >= 4 is 34.3 Å². The molecule has 3 aromatic carbocycles. The maximum atomic E-state index is 13.3. The number of rotatable bonds is 3. The number of pyridine rings is 1. The zero-order valence-corrected chi connectivity index (χ0v) is 17.1. The first-order valence-corrected chi connectivity index (χ1v) is 9.68. The molecule has 4 aromatic rings. The third-order valence-corrected chi connectivity index (χ3v) is 5.40. The van der Waals surface area contributed by atoms with E-state index in [1.807, 2.05) is 26.0 Å². The summed E-state index contributed by atoms with van der Waals surface area (Å²) in [5, 5.41) is 12.2. The first-order valence-electron chi connectivity index (χ1n) is 9.30. The van der Waals surface area contributed by atoms with Gasteiger partial charge >= 0.3 is 0 Å². The van der Waals surface area contributed by atoms with Crippen LogP contribution in [0.1, 0.15) is 16.7 Å². The smallest absolute Gasteiger partial charge is 0.265 e. The van der Waals surface area contributed by atoms with Crippen molar-refractivity contribution in [2.45, 2.75) is 13.8 Å². The Hall–Kier alpha value is -3.44. The topological polar surface area (TPSA) is 54.6 Å². The minimum Gasteiger partial charge on any atom is -0.494 e. The Balaban J connectivity index is 1.98. The van der Waals surface area contributed by atoms with Crippen molar-refractivity contribution in [1.29, 1.82) is 0 Å². The van der Waals surface area contributed by atoms with E-state index in [2.05, 4.69) is 4.99 Å². The number of aliphatic imine (C=N–C) groups is 1. The minimum atomic E-state index is -0.462. The molecule has 0 unspecified atom stereocenters. The third kappa shape index (κ3) is 3.48. The van der Waals surface area contributed by atoms with E-state index in [1.54, 1.807) is 30.3 Å². The lowest BCUT2D eigenvalue weighted by Crippen LogP contribution is -2.20. The van der Waals surface area contributed by atoms with E-state index in [-0.39, 0.29) is 16.5 Å². The van der Waals surface area contributed by atoms with E-state index in [1.165, 1.54) is 29.0 Å². The van der Waals surface area contributed by atoms with Gasteiger partial charge < -0.3 is 5.11 Å².